The largest absolute Gasteiger partial charge is 0.490 e. The quantitative estimate of drug-likeness (QED) is 0.675. The Balaban J connectivity index is 2.27. The van der Waals surface area contributed by atoms with E-state index < -0.39 is 30.8 Å². The fourth-order valence-corrected chi connectivity index (χ4v) is 2.38. The van der Waals surface area contributed by atoms with Crippen molar-refractivity contribution in [3.8, 4) is 0 Å². The maximum absolute atomic E-state index is 13.6. The van der Waals surface area contributed by atoms with Gasteiger partial charge >= 0.3 is 12.1 Å². The van der Waals surface area contributed by atoms with E-state index in [1.165, 1.54) is 0 Å². The summed E-state index contributed by atoms with van der Waals surface area (Å²) >= 11 is 0. The van der Waals surface area contributed by atoms with Crippen molar-refractivity contribution < 1.29 is 31.5 Å². The number of alkyl halides is 5. The van der Waals surface area contributed by atoms with E-state index in [0.717, 1.165) is 4.90 Å². The average molecular weight is 338 g/mol. The Kier molecular flexibility index (Phi) is 5.20. The van der Waals surface area contributed by atoms with Crippen LogP contribution in [0.1, 0.15) is 5.56 Å². The summed E-state index contributed by atoms with van der Waals surface area (Å²) in [5.74, 6) is -2.63. The van der Waals surface area contributed by atoms with Crippen LogP contribution in [-0.4, -0.2) is 48.8 Å². The first-order chi connectivity index (χ1) is 10.8. The van der Waals surface area contributed by atoms with Crippen LogP contribution in [0.2, 0.25) is 0 Å². The number of ether oxygens (including phenoxy) is 1. The van der Waals surface area contributed by atoms with Gasteiger partial charge in [-0.2, -0.15) is 13.2 Å². The smallest absolute Gasteiger partial charge is 0.429 e. The monoisotopic (exact) mass is 338 g/mol. The van der Waals surface area contributed by atoms with Crippen molar-refractivity contribution in [2.24, 2.45) is 0 Å². The molecule has 0 aromatic heterocycles. The van der Waals surface area contributed by atoms with Crippen LogP contribution < -0.4 is 5.32 Å². The lowest BCUT2D eigenvalue weighted by Crippen LogP contribution is -2.67. The number of rotatable bonds is 4. The number of benzene rings is 1. The second-order valence-electron chi connectivity index (χ2n) is 5.12. The van der Waals surface area contributed by atoms with E-state index in [0.29, 0.717) is 12.1 Å². The van der Waals surface area contributed by atoms with Crippen molar-refractivity contribution >= 4 is 5.97 Å². The van der Waals surface area contributed by atoms with Crippen LogP contribution in [0.3, 0.4) is 0 Å². The molecule has 0 unspecified atom stereocenters. The summed E-state index contributed by atoms with van der Waals surface area (Å²) < 4.78 is 68.6. The standard InChI is InChI=1S/C14H15F5N2O2/c15-11(16)13(23-12(22)14(17,18)19)9-20-6-7-21(13)8-10-4-2-1-3-5-10/h1-5,11,20H,6-9H2/t13-/m0/s1. The third kappa shape index (κ3) is 3.97. The topological polar surface area (TPSA) is 41.6 Å². The number of hydrogen-bond donors (Lipinski definition) is 1. The lowest BCUT2D eigenvalue weighted by atomic mass is 10.1. The molecule has 1 saturated heterocycles. The minimum atomic E-state index is -5.34. The predicted molar refractivity (Wildman–Crippen MR) is 70.6 cm³/mol. The first-order valence-electron chi connectivity index (χ1n) is 6.84. The van der Waals surface area contributed by atoms with Crippen LogP contribution in [-0.2, 0) is 16.1 Å². The zero-order valence-corrected chi connectivity index (χ0v) is 11.9. The van der Waals surface area contributed by atoms with Gasteiger partial charge in [0.2, 0.25) is 5.72 Å². The number of esters is 1. The summed E-state index contributed by atoms with van der Waals surface area (Å²) in [5.41, 5.74) is -2.02. The molecule has 0 aliphatic carbocycles. The molecule has 4 nitrogen and oxygen atoms in total. The van der Waals surface area contributed by atoms with Crippen molar-refractivity contribution in [3.05, 3.63) is 35.9 Å². The second-order valence-corrected chi connectivity index (χ2v) is 5.12. The van der Waals surface area contributed by atoms with Crippen LogP contribution in [0.5, 0.6) is 0 Å². The van der Waals surface area contributed by atoms with Gasteiger partial charge in [0.15, 0.2) is 0 Å². The Labute approximate surface area is 129 Å². The third-order valence-electron chi connectivity index (χ3n) is 3.53. The molecule has 1 aliphatic heterocycles. The molecule has 23 heavy (non-hydrogen) atoms. The van der Waals surface area contributed by atoms with Gasteiger partial charge in [-0.1, -0.05) is 30.3 Å². The molecule has 1 fully saturated rings. The van der Waals surface area contributed by atoms with Gasteiger partial charge in [0.1, 0.15) is 0 Å². The molecule has 2 rings (SSSR count). The zero-order chi connectivity index (χ0) is 17.1. The number of carbonyl (C=O) groups is 1. The minimum Gasteiger partial charge on any atom is -0.429 e. The Morgan fingerprint density at radius 2 is 1.96 bits per heavy atom. The van der Waals surface area contributed by atoms with Crippen molar-refractivity contribution in [2.75, 3.05) is 19.6 Å². The lowest BCUT2D eigenvalue weighted by molar-refractivity contribution is -0.261. The van der Waals surface area contributed by atoms with Gasteiger partial charge in [-0.25, -0.2) is 13.6 Å². The van der Waals surface area contributed by atoms with Crippen molar-refractivity contribution in [3.63, 3.8) is 0 Å². The normalized spacial score (nSPS) is 23.0. The minimum absolute atomic E-state index is 0.0182. The van der Waals surface area contributed by atoms with Crippen molar-refractivity contribution in [1.29, 1.82) is 0 Å². The molecule has 1 heterocycles. The Morgan fingerprint density at radius 3 is 2.52 bits per heavy atom. The predicted octanol–water partition coefficient (Wildman–Crippen LogP) is 2.16. The highest BCUT2D eigenvalue weighted by atomic mass is 19.4. The van der Waals surface area contributed by atoms with E-state index in [2.05, 4.69) is 10.1 Å². The van der Waals surface area contributed by atoms with Crippen LogP contribution in [0.25, 0.3) is 0 Å². The maximum Gasteiger partial charge on any atom is 0.490 e. The first-order valence-corrected chi connectivity index (χ1v) is 6.84. The number of carbonyl (C=O) groups excluding carboxylic acids is 1. The molecule has 0 saturated carbocycles. The number of nitrogens with one attached hydrogen (secondary N) is 1. The summed E-state index contributed by atoms with van der Waals surface area (Å²) in [6.45, 7) is -0.327. The third-order valence-corrected chi connectivity index (χ3v) is 3.53. The van der Waals surface area contributed by atoms with Gasteiger partial charge in [0.05, 0.1) is 6.54 Å². The second kappa shape index (κ2) is 6.79. The Bertz CT molecular complexity index is 538. The molecule has 0 spiro atoms. The van der Waals surface area contributed by atoms with Crippen LogP contribution in [0, 0.1) is 0 Å². The fraction of sp³-hybridized carbons (Fsp3) is 0.500. The van der Waals surface area contributed by atoms with E-state index in [-0.39, 0.29) is 13.1 Å². The fourth-order valence-electron chi connectivity index (χ4n) is 2.38. The van der Waals surface area contributed by atoms with Gasteiger partial charge in [0, 0.05) is 19.6 Å². The Morgan fingerprint density at radius 1 is 1.30 bits per heavy atom. The molecule has 1 N–H and O–H groups in total. The van der Waals surface area contributed by atoms with Crippen LogP contribution in [0.4, 0.5) is 22.0 Å². The molecule has 128 valence electrons. The van der Waals surface area contributed by atoms with Crippen LogP contribution in [0.15, 0.2) is 30.3 Å². The van der Waals surface area contributed by atoms with Gasteiger partial charge in [-0.05, 0) is 5.56 Å². The average Bonchev–Trinajstić information content (AvgIpc) is 2.49. The maximum atomic E-state index is 13.6. The number of nitrogens with zero attached hydrogens (tertiary/aromatic N) is 1. The lowest BCUT2D eigenvalue weighted by Gasteiger charge is -2.45. The zero-order valence-electron chi connectivity index (χ0n) is 11.9. The SMILES string of the molecule is O=C(O[C@]1(C(F)F)CNCCN1Cc1ccccc1)C(F)(F)F. The van der Waals surface area contributed by atoms with E-state index >= 15 is 0 Å². The Hall–Kier alpha value is -1.74. The highest BCUT2D eigenvalue weighted by molar-refractivity contribution is 5.76. The van der Waals surface area contributed by atoms with Gasteiger partial charge < -0.3 is 10.1 Å². The van der Waals surface area contributed by atoms with Gasteiger partial charge in [-0.3, -0.25) is 4.90 Å². The summed E-state index contributed by atoms with van der Waals surface area (Å²) in [5, 5.41) is 2.56. The number of hydrogen-bond acceptors (Lipinski definition) is 4. The highest BCUT2D eigenvalue weighted by Gasteiger charge is 2.55. The molecular weight excluding hydrogens is 323 g/mol. The summed E-state index contributed by atoms with van der Waals surface area (Å²) in [6.07, 6.45) is -8.64. The van der Waals surface area contributed by atoms with Gasteiger partial charge in [0.25, 0.3) is 6.43 Å². The van der Waals surface area contributed by atoms with E-state index in [4.69, 9.17) is 0 Å². The van der Waals surface area contributed by atoms with E-state index in [1.54, 1.807) is 30.3 Å². The van der Waals surface area contributed by atoms with E-state index in [1.807, 2.05) is 0 Å². The molecule has 0 radical (unpaired) electrons. The molecular formula is C14H15F5N2O2. The molecule has 9 heteroatoms. The molecule has 0 amide bonds. The van der Waals surface area contributed by atoms with Crippen LogP contribution >= 0.6 is 0 Å². The number of piperazine rings is 1. The number of halogens is 5. The van der Waals surface area contributed by atoms with Gasteiger partial charge in [-0.15, -0.1) is 0 Å². The summed E-state index contributed by atoms with van der Waals surface area (Å²) in [6, 6.07) is 8.41. The molecule has 1 aromatic carbocycles. The van der Waals surface area contributed by atoms with E-state index in [9.17, 15) is 26.7 Å². The first kappa shape index (κ1) is 17.6. The molecule has 0 bridgehead atoms. The van der Waals surface area contributed by atoms with Crippen molar-refractivity contribution in [1.82, 2.24) is 10.2 Å². The molecule has 1 aromatic rings. The van der Waals surface area contributed by atoms with Crippen molar-refractivity contribution in [2.45, 2.75) is 24.9 Å². The summed E-state index contributed by atoms with van der Waals surface area (Å²) in [4.78, 5) is 12.2. The molecule has 1 atom stereocenters. The summed E-state index contributed by atoms with van der Waals surface area (Å²) in [7, 11) is 0. The molecule has 1 aliphatic rings. The highest BCUT2D eigenvalue weighted by Crippen LogP contribution is 2.31.